The molecule has 0 spiro atoms. The minimum Gasteiger partial charge on any atom is -0.354 e. The van der Waals surface area contributed by atoms with Crippen LogP contribution >= 0.6 is 11.3 Å². The van der Waals surface area contributed by atoms with Gasteiger partial charge in [0.05, 0.1) is 6.04 Å². The topological polar surface area (TPSA) is 36.1 Å². The van der Waals surface area contributed by atoms with Crippen molar-refractivity contribution in [3.63, 3.8) is 0 Å². The van der Waals surface area contributed by atoms with Gasteiger partial charge in [-0.15, -0.1) is 11.3 Å². The number of benzene rings is 2. The molecule has 0 radical (unpaired) electrons. The molecule has 5 heteroatoms. The molecule has 0 bridgehead atoms. The van der Waals surface area contributed by atoms with E-state index in [4.69, 9.17) is 0 Å². The number of fused-ring (bicyclic) bond motifs is 2. The SMILES string of the molecule is CC1c2ccsc2CCN1C(=O)CCc1c(-c2ccc(F)cc2)[nH]c2ccccc12. The van der Waals surface area contributed by atoms with Crippen molar-refractivity contribution in [1.82, 2.24) is 9.88 Å². The Morgan fingerprint density at radius 1 is 1.17 bits per heavy atom. The van der Waals surface area contributed by atoms with Crippen LogP contribution in [0.15, 0.2) is 60.0 Å². The first-order chi connectivity index (χ1) is 14.6. The lowest BCUT2D eigenvalue weighted by molar-refractivity contribution is -0.133. The molecule has 3 heterocycles. The van der Waals surface area contributed by atoms with Crippen molar-refractivity contribution >= 4 is 28.1 Å². The molecule has 30 heavy (non-hydrogen) atoms. The summed E-state index contributed by atoms with van der Waals surface area (Å²) < 4.78 is 13.4. The predicted octanol–water partition coefficient (Wildman–Crippen LogP) is 6.11. The third kappa shape index (κ3) is 3.33. The van der Waals surface area contributed by atoms with Crippen LogP contribution in [0.3, 0.4) is 0 Å². The predicted molar refractivity (Wildman–Crippen MR) is 120 cm³/mol. The summed E-state index contributed by atoms with van der Waals surface area (Å²) in [5.74, 6) is -0.0619. The number of H-pyrrole nitrogens is 1. The summed E-state index contributed by atoms with van der Waals surface area (Å²) in [4.78, 5) is 20.0. The fourth-order valence-electron chi connectivity index (χ4n) is 4.55. The van der Waals surface area contributed by atoms with Crippen LogP contribution in [-0.2, 0) is 17.6 Å². The van der Waals surface area contributed by atoms with Crippen molar-refractivity contribution in [1.29, 1.82) is 0 Å². The van der Waals surface area contributed by atoms with Crippen LogP contribution in [0.1, 0.15) is 35.4 Å². The first kappa shape index (κ1) is 19.1. The van der Waals surface area contributed by atoms with Crippen molar-refractivity contribution in [2.75, 3.05) is 6.54 Å². The van der Waals surface area contributed by atoms with E-state index in [1.807, 2.05) is 23.1 Å². The van der Waals surface area contributed by atoms with E-state index in [-0.39, 0.29) is 17.8 Å². The van der Waals surface area contributed by atoms with Gasteiger partial charge in [0.15, 0.2) is 0 Å². The number of aromatic nitrogens is 1. The lowest BCUT2D eigenvalue weighted by Crippen LogP contribution is -2.38. The van der Waals surface area contributed by atoms with E-state index < -0.39 is 0 Å². The Morgan fingerprint density at radius 2 is 1.97 bits per heavy atom. The van der Waals surface area contributed by atoms with Gasteiger partial charge in [0.2, 0.25) is 5.91 Å². The fraction of sp³-hybridized carbons (Fsp3) is 0.240. The van der Waals surface area contributed by atoms with Gasteiger partial charge in [-0.2, -0.15) is 0 Å². The number of halogens is 1. The number of amides is 1. The Hall–Kier alpha value is -2.92. The monoisotopic (exact) mass is 418 g/mol. The second kappa shape index (κ2) is 7.73. The highest BCUT2D eigenvalue weighted by Gasteiger charge is 2.28. The Labute approximate surface area is 179 Å². The Bertz CT molecular complexity index is 1210. The first-order valence-electron chi connectivity index (χ1n) is 10.3. The molecule has 4 aromatic rings. The lowest BCUT2D eigenvalue weighted by atomic mass is 9.98. The van der Waals surface area contributed by atoms with Crippen LogP contribution in [0, 0.1) is 5.82 Å². The van der Waals surface area contributed by atoms with Crippen LogP contribution < -0.4 is 0 Å². The molecule has 1 N–H and O–H groups in total. The van der Waals surface area contributed by atoms with Gasteiger partial charge >= 0.3 is 0 Å². The van der Waals surface area contributed by atoms with Crippen LogP contribution in [0.2, 0.25) is 0 Å². The van der Waals surface area contributed by atoms with Gasteiger partial charge in [0.25, 0.3) is 0 Å². The quantitative estimate of drug-likeness (QED) is 0.426. The number of carbonyl (C=O) groups is 1. The summed E-state index contributed by atoms with van der Waals surface area (Å²) in [5.41, 5.74) is 5.35. The smallest absolute Gasteiger partial charge is 0.223 e. The van der Waals surface area contributed by atoms with Crippen LogP contribution in [-0.4, -0.2) is 22.3 Å². The molecule has 2 aromatic carbocycles. The van der Waals surface area contributed by atoms with E-state index in [1.165, 1.54) is 22.6 Å². The van der Waals surface area contributed by atoms with E-state index in [2.05, 4.69) is 29.4 Å². The second-order valence-corrected chi connectivity index (χ2v) is 8.84. The molecule has 1 aliphatic heterocycles. The van der Waals surface area contributed by atoms with E-state index in [1.54, 1.807) is 23.5 Å². The van der Waals surface area contributed by atoms with Gasteiger partial charge in [0, 0.05) is 34.4 Å². The zero-order chi connectivity index (χ0) is 20.7. The number of aromatic amines is 1. The molecular weight excluding hydrogens is 395 g/mol. The molecule has 0 fully saturated rings. The van der Waals surface area contributed by atoms with E-state index in [0.29, 0.717) is 12.8 Å². The van der Waals surface area contributed by atoms with Crippen LogP contribution in [0.25, 0.3) is 22.2 Å². The Balaban J connectivity index is 1.42. The molecule has 3 nitrogen and oxygen atoms in total. The van der Waals surface area contributed by atoms with Gasteiger partial charge in [-0.3, -0.25) is 4.79 Å². The number of hydrogen-bond acceptors (Lipinski definition) is 2. The maximum atomic E-state index is 13.4. The number of aryl methyl sites for hydroxylation is 1. The summed E-state index contributed by atoms with van der Waals surface area (Å²) in [6.45, 7) is 2.91. The molecule has 1 aliphatic rings. The number of nitrogens with one attached hydrogen (secondary N) is 1. The van der Waals surface area contributed by atoms with Crippen molar-refractivity contribution in [3.8, 4) is 11.3 Å². The maximum absolute atomic E-state index is 13.4. The molecule has 152 valence electrons. The first-order valence-corrected chi connectivity index (χ1v) is 11.2. The van der Waals surface area contributed by atoms with E-state index in [9.17, 15) is 9.18 Å². The van der Waals surface area contributed by atoms with Gasteiger partial charge in [-0.1, -0.05) is 18.2 Å². The average Bonchev–Trinajstić information content (AvgIpc) is 3.38. The summed E-state index contributed by atoms with van der Waals surface area (Å²) in [5, 5.41) is 3.24. The number of nitrogens with zero attached hydrogens (tertiary/aromatic N) is 1. The Morgan fingerprint density at radius 3 is 2.80 bits per heavy atom. The molecule has 0 saturated carbocycles. The fourth-order valence-corrected chi connectivity index (χ4v) is 5.51. The van der Waals surface area contributed by atoms with Crippen molar-refractivity contribution < 1.29 is 9.18 Å². The standard InChI is InChI=1S/C25H23FN2OS/c1-16-19-13-15-30-23(19)12-14-28(16)24(29)11-10-21-20-4-2-3-5-22(20)27-25(21)17-6-8-18(26)9-7-17/h2-9,13,15-16,27H,10-12,14H2,1H3. The summed E-state index contributed by atoms with van der Waals surface area (Å²) >= 11 is 1.79. The average molecular weight is 419 g/mol. The van der Waals surface area contributed by atoms with Crippen LogP contribution in [0.5, 0.6) is 0 Å². The minimum atomic E-state index is -0.251. The maximum Gasteiger partial charge on any atom is 0.223 e. The van der Waals surface area contributed by atoms with Crippen molar-refractivity contribution in [2.45, 2.75) is 32.2 Å². The number of carbonyl (C=O) groups excluding carboxylic acids is 1. The zero-order valence-electron chi connectivity index (χ0n) is 16.8. The summed E-state index contributed by atoms with van der Waals surface area (Å²) in [7, 11) is 0. The van der Waals surface area contributed by atoms with Gasteiger partial charge in [-0.05, 0) is 78.2 Å². The van der Waals surface area contributed by atoms with E-state index >= 15 is 0 Å². The molecular formula is C25H23FN2OS. The number of rotatable bonds is 4. The molecule has 5 rings (SSSR count). The molecule has 0 saturated heterocycles. The van der Waals surface area contributed by atoms with Gasteiger partial charge in [0.1, 0.15) is 5.82 Å². The number of thiophene rings is 1. The van der Waals surface area contributed by atoms with Gasteiger partial charge < -0.3 is 9.88 Å². The number of hydrogen-bond donors (Lipinski definition) is 1. The summed E-state index contributed by atoms with van der Waals surface area (Å²) in [6.07, 6.45) is 2.05. The Kier molecular flexibility index (Phi) is 4.91. The van der Waals surface area contributed by atoms with Crippen molar-refractivity contribution in [2.24, 2.45) is 0 Å². The summed E-state index contributed by atoms with van der Waals surface area (Å²) in [6, 6.07) is 16.9. The van der Waals surface area contributed by atoms with Crippen LogP contribution in [0.4, 0.5) is 4.39 Å². The highest BCUT2D eigenvalue weighted by atomic mass is 32.1. The molecule has 1 unspecified atom stereocenters. The molecule has 1 amide bonds. The second-order valence-electron chi connectivity index (χ2n) is 7.84. The lowest BCUT2D eigenvalue weighted by Gasteiger charge is -2.33. The van der Waals surface area contributed by atoms with Gasteiger partial charge in [-0.25, -0.2) is 4.39 Å². The number of para-hydroxylation sites is 1. The molecule has 0 aliphatic carbocycles. The zero-order valence-corrected chi connectivity index (χ0v) is 17.6. The largest absolute Gasteiger partial charge is 0.354 e. The highest BCUT2D eigenvalue weighted by Crippen LogP contribution is 2.35. The molecule has 2 aromatic heterocycles. The molecule has 1 atom stereocenters. The third-order valence-corrected chi connectivity index (χ3v) is 7.13. The van der Waals surface area contributed by atoms with Crippen molar-refractivity contribution in [3.05, 3.63) is 81.8 Å². The minimum absolute atomic E-state index is 0.132. The third-order valence-electron chi connectivity index (χ3n) is 6.13. The van der Waals surface area contributed by atoms with E-state index in [0.717, 1.165) is 40.7 Å². The normalized spacial score (nSPS) is 16.1. The highest BCUT2D eigenvalue weighted by molar-refractivity contribution is 7.10.